The Labute approximate surface area is 178 Å². The summed E-state index contributed by atoms with van der Waals surface area (Å²) in [7, 11) is 4.70. The van der Waals surface area contributed by atoms with Crippen molar-refractivity contribution in [3.05, 3.63) is 42.0 Å². The van der Waals surface area contributed by atoms with E-state index in [1.54, 1.807) is 27.4 Å². The lowest BCUT2D eigenvalue weighted by Gasteiger charge is -2.36. The predicted octanol–water partition coefficient (Wildman–Crippen LogP) is 3.00. The number of anilines is 1. The van der Waals surface area contributed by atoms with Crippen LogP contribution in [0.4, 0.5) is 5.69 Å². The molecule has 1 heterocycles. The van der Waals surface area contributed by atoms with Crippen molar-refractivity contribution >= 4 is 11.6 Å². The first kappa shape index (κ1) is 21.6. The first-order valence-electron chi connectivity index (χ1n) is 10.1. The molecule has 7 nitrogen and oxygen atoms in total. The summed E-state index contributed by atoms with van der Waals surface area (Å²) in [5.74, 6) is 2.57. The van der Waals surface area contributed by atoms with Crippen LogP contribution >= 0.6 is 0 Å². The van der Waals surface area contributed by atoms with Gasteiger partial charge in [0.15, 0.2) is 11.5 Å². The fourth-order valence-corrected chi connectivity index (χ4v) is 3.77. The number of nitrogens with zero attached hydrogens (tertiary/aromatic N) is 2. The van der Waals surface area contributed by atoms with E-state index < -0.39 is 0 Å². The molecule has 0 unspecified atom stereocenters. The molecule has 1 fully saturated rings. The average molecular weight is 415 g/mol. The number of para-hydroxylation sites is 2. The smallest absolute Gasteiger partial charge is 0.227 e. The second kappa shape index (κ2) is 10.1. The molecule has 1 amide bonds. The summed E-state index contributed by atoms with van der Waals surface area (Å²) in [6.45, 7) is 5.46. The molecule has 2 aromatic carbocycles. The van der Waals surface area contributed by atoms with Gasteiger partial charge in [-0.1, -0.05) is 18.2 Å². The van der Waals surface area contributed by atoms with Crippen LogP contribution in [0.5, 0.6) is 23.0 Å². The molecular weight excluding hydrogens is 384 g/mol. The standard InChI is InChI=1S/C23H30N2O5/c1-5-30-19-9-7-6-8-18(19)24-12-14-25(15-13-24)21(26)16-17-10-11-20(27-2)23(29-4)22(17)28-3/h6-11H,5,12-16H2,1-4H3. The van der Waals surface area contributed by atoms with Gasteiger partial charge in [-0.25, -0.2) is 0 Å². The van der Waals surface area contributed by atoms with E-state index in [1.165, 1.54) is 0 Å². The minimum Gasteiger partial charge on any atom is -0.493 e. The van der Waals surface area contributed by atoms with Crippen molar-refractivity contribution in [2.75, 3.05) is 59.0 Å². The highest BCUT2D eigenvalue weighted by Crippen LogP contribution is 2.40. The second-order valence-electron chi connectivity index (χ2n) is 6.94. The Bertz CT molecular complexity index is 863. The lowest BCUT2D eigenvalue weighted by Crippen LogP contribution is -2.49. The lowest BCUT2D eigenvalue weighted by atomic mass is 10.1. The van der Waals surface area contributed by atoms with Gasteiger partial charge in [-0.15, -0.1) is 0 Å². The molecule has 0 bridgehead atoms. The van der Waals surface area contributed by atoms with Crippen molar-refractivity contribution < 1.29 is 23.7 Å². The molecule has 162 valence electrons. The SMILES string of the molecule is CCOc1ccccc1N1CCN(C(=O)Cc2ccc(OC)c(OC)c2OC)CC1. The molecule has 2 aromatic rings. The lowest BCUT2D eigenvalue weighted by molar-refractivity contribution is -0.130. The fraction of sp³-hybridized carbons (Fsp3) is 0.435. The van der Waals surface area contributed by atoms with Crippen LogP contribution in [0.2, 0.25) is 0 Å². The van der Waals surface area contributed by atoms with E-state index in [-0.39, 0.29) is 12.3 Å². The summed E-state index contributed by atoms with van der Waals surface area (Å²) < 4.78 is 22.0. The molecule has 1 saturated heterocycles. The zero-order valence-corrected chi connectivity index (χ0v) is 18.1. The molecule has 30 heavy (non-hydrogen) atoms. The summed E-state index contributed by atoms with van der Waals surface area (Å²) in [4.78, 5) is 17.1. The topological polar surface area (TPSA) is 60.5 Å². The maximum Gasteiger partial charge on any atom is 0.227 e. The Morgan fingerprint density at radius 2 is 1.57 bits per heavy atom. The largest absolute Gasteiger partial charge is 0.493 e. The van der Waals surface area contributed by atoms with E-state index in [0.29, 0.717) is 36.9 Å². The molecule has 0 radical (unpaired) electrons. The first-order valence-corrected chi connectivity index (χ1v) is 10.1. The molecular formula is C23H30N2O5. The molecule has 1 aliphatic rings. The molecule has 3 rings (SSSR count). The summed E-state index contributed by atoms with van der Waals surface area (Å²) >= 11 is 0. The van der Waals surface area contributed by atoms with Crippen molar-refractivity contribution in [3.8, 4) is 23.0 Å². The minimum absolute atomic E-state index is 0.0678. The number of ether oxygens (including phenoxy) is 4. The van der Waals surface area contributed by atoms with Crippen LogP contribution in [0.25, 0.3) is 0 Å². The van der Waals surface area contributed by atoms with Crippen LogP contribution in [0, 0.1) is 0 Å². The zero-order valence-electron chi connectivity index (χ0n) is 18.1. The Morgan fingerprint density at radius 1 is 0.867 bits per heavy atom. The highest BCUT2D eigenvalue weighted by Gasteiger charge is 2.25. The summed E-state index contributed by atoms with van der Waals surface area (Å²) in [5.41, 5.74) is 1.86. The van der Waals surface area contributed by atoms with E-state index in [2.05, 4.69) is 11.0 Å². The second-order valence-corrected chi connectivity index (χ2v) is 6.94. The van der Waals surface area contributed by atoms with Gasteiger partial charge in [0.1, 0.15) is 5.75 Å². The van der Waals surface area contributed by atoms with Gasteiger partial charge in [0.2, 0.25) is 11.7 Å². The number of methoxy groups -OCH3 is 3. The minimum atomic E-state index is 0.0678. The van der Waals surface area contributed by atoms with Crippen molar-refractivity contribution in [1.82, 2.24) is 4.90 Å². The molecule has 0 atom stereocenters. The van der Waals surface area contributed by atoms with Crippen molar-refractivity contribution in [2.24, 2.45) is 0 Å². The highest BCUT2D eigenvalue weighted by molar-refractivity contribution is 5.80. The van der Waals surface area contributed by atoms with Crippen molar-refractivity contribution in [3.63, 3.8) is 0 Å². The summed E-state index contributed by atoms with van der Waals surface area (Å²) in [6, 6.07) is 11.7. The molecule has 7 heteroatoms. The highest BCUT2D eigenvalue weighted by atomic mass is 16.5. The number of piperazine rings is 1. The van der Waals surface area contributed by atoms with Crippen LogP contribution in [-0.2, 0) is 11.2 Å². The fourth-order valence-electron chi connectivity index (χ4n) is 3.77. The van der Waals surface area contributed by atoms with E-state index in [4.69, 9.17) is 18.9 Å². The van der Waals surface area contributed by atoms with Crippen LogP contribution < -0.4 is 23.8 Å². The molecule has 0 N–H and O–H groups in total. The van der Waals surface area contributed by atoms with Gasteiger partial charge in [0, 0.05) is 31.7 Å². The van der Waals surface area contributed by atoms with Crippen LogP contribution in [0.3, 0.4) is 0 Å². The molecule has 0 aromatic heterocycles. The quantitative estimate of drug-likeness (QED) is 0.662. The van der Waals surface area contributed by atoms with Gasteiger partial charge in [-0.3, -0.25) is 4.79 Å². The number of amides is 1. The number of hydrogen-bond donors (Lipinski definition) is 0. The Morgan fingerprint density at radius 3 is 2.20 bits per heavy atom. The van der Waals surface area contributed by atoms with E-state index in [0.717, 1.165) is 30.1 Å². The van der Waals surface area contributed by atoms with Crippen LogP contribution in [0.15, 0.2) is 36.4 Å². The molecule has 0 spiro atoms. The number of carbonyl (C=O) groups excluding carboxylic acids is 1. The Hall–Kier alpha value is -3.09. The van der Waals surface area contributed by atoms with Gasteiger partial charge in [0.25, 0.3) is 0 Å². The van der Waals surface area contributed by atoms with Gasteiger partial charge < -0.3 is 28.7 Å². The van der Waals surface area contributed by atoms with Crippen molar-refractivity contribution in [1.29, 1.82) is 0 Å². The third kappa shape index (κ3) is 4.56. The summed E-state index contributed by atoms with van der Waals surface area (Å²) in [5, 5.41) is 0. The predicted molar refractivity (Wildman–Crippen MR) is 116 cm³/mol. The van der Waals surface area contributed by atoms with Crippen LogP contribution in [0.1, 0.15) is 12.5 Å². The molecule has 0 aliphatic carbocycles. The normalized spacial score (nSPS) is 13.7. The Kier molecular flexibility index (Phi) is 7.27. The van der Waals surface area contributed by atoms with E-state index in [1.807, 2.05) is 36.1 Å². The van der Waals surface area contributed by atoms with Crippen molar-refractivity contribution in [2.45, 2.75) is 13.3 Å². The number of hydrogen-bond acceptors (Lipinski definition) is 6. The monoisotopic (exact) mass is 414 g/mol. The van der Waals surface area contributed by atoms with Gasteiger partial charge >= 0.3 is 0 Å². The number of rotatable bonds is 8. The first-order chi connectivity index (χ1) is 14.6. The number of benzene rings is 2. The van der Waals surface area contributed by atoms with E-state index in [9.17, 15) is 4.79 Å². The maximum absolute atomic E-state index is 13.0. The zero-order chi connectivity index (χ0) is 21.5. The third-order valence-corrected chi connectivity index (χ3v) is 5.27. The third-order valence-electron chi connectivity index (χ3n) is 5.27. The van der Waals surface area contributed by atoms with E-state index >= 15 is 0 Å². The van der Waals surface area contributed by atoms with Gasteiger partial charge in [0.05, 0.1) is 40.0 Å². The average Bonchev–Trinajstić information content (AvgIpc) is 2.79. The summed E-state index contributed by atoms with van der Waals surface area (Å²) in [6.07, 6.45) is 0.249. The number of carbonyl (C=O) groups is 1. The van der Waals surface area contributed by atoms with Crippen LogP contribution in [-0.4, -0.2) is 64.9 Å². The van der Waals surface area contributed by atoms with Gasteiger partial charge in [-0.2, -0.15) is 0 Å². The Balaban J connectivity index is 1.67. The molecule has 1 aliphatic heterocycles. The maximum atomic E-state index is 13.0. The van der Waals surface area contributed by atoms with Gasteiger partial charge in [-0.05, 0) is 25.1 Å². The molecule has 0 saturated carbocycles.